The highest BCUT2D eigenvalue weighted by molar-refractivity contribution is 5.65. The largest absolute Gasteiger partial charge is 0.397 e. The Kier molecular flexibility index (Phi) is 3.87. The molecule has 0 aromatic heterocycles. The summed E-state index contributed by atoms with van der Waals surface area (Å²) in [6.45, 7) is 6.44. The van der Waals surface area contributed by atoms with Crippen molar-refractivity contribution >= 4 is 0 Å². The fraction of sp³-hybridized carbons (Fsp3) is 0.333. The standard InChI is InChI=1S/C18H19F3/c1-12-9-13(2)11-15(10-12)14-5-7-16(8-6-14)17(3,4)18(19,20)21/h5-11H,1-4H3. The average molecular weight is 292 g/mol. The van der Waals surface area contributed by atoms with Crippen LogP contribution < -0.4 is 0 Å². The van der Waals surface area contributed by atoms with Gasteiger partial charge in [0.2, 0.25) is 0 Å². The van der Waals surface area contributed by atoms with Crippen LogP contribution in [0.3, 0.4) is 0 Å². The molecular formula is C18H19F3. The Bertz CT molecular complexity index is 614. The van der Waals surface area contributed by atoms with E-state index in [0.29, 0.717) is 0 Å². The quantitative estimate of drug-likeness (QED) is 0.655. The van der Waals surface area contributed by atoms with Crippen LogP contribution in [0.1, 0.15) is 30.5 Å². The molecule has 2 aromatic rings. The minimum atomic E-state index is -4.26. The molecule has 0 nitrogen and oxygen atoms in total. The second-order valence-electron chi connectivity index (χ2n) is 6.08. The molecule has 0 aliphatic rings. The lowest BCUT2D eigenvalue weighted by Crippen LogP contribution is -2.36. The Labute approximate surface area is 123 Å². The van der Waals surface area contributed by atoms with Gasteiger partial charge in [0.05, 0.1) is 5.41 Å². The molecule has 112 valence electrons. The fourth-order valence-corrected chi connectivity index (χ4v) is 2.38. The summed E-state index contributed by atoms with van der Waals surface area (Å²) in [5, 5.41) is 0. The number of rotatable bonds is 2. The first-order valence-electron chi connectivity index (χ1n) is 6.87. The molecule has 0 saturated heterocycles. The van der Waals surface area contributed by atoms with E-state index in [0.717, 1.165) is 22.3 Å². The van der Waals surface area contributed by atoms with Gasteiger partial charge >= 0.3 is 6.18 Å². The smallest absolute Gasteiger partial charge is 0.170 e. The van der Waals surface area contributed by atoms with E-state index in [4.69, 9.17) is 0 Å². The van der Waals surface area contributed by atoms with Crippen LogP contribution in [-0.4, -0.2) is 6.18 Å². The maximum absolute atomic E-state index is 13.0. The summed E-state index contributed by atoms with van der Waals surface area (Å²) >= 11 is 0. The van der Waals surface area contributed by atoms with Crippen LogP contribution in [0, 0.1) is 13.8 Å². The van der Waals surface area contributed by atoms with E-state index >= 15 is 0 Å². The molecule has 0 fully saturated rings. The molecule has 0 amide bonds. The first-order valence-corrected chi connectivity index (χ1v) is 6.87. The summed E-state index contributed by atoms with van der Waals surface area (Å²) in [5.41, 5.74) is 2.69. The monoisotopic (exact) mass is 292 g/mol. The van der Waals surface area contributed by atoms with Crippen molar-refractivity contribution in [3.8, 4) is 11.1 Å². The zero-order valence-electron chi connectivity index (χ0n) is 12.7. The Morgan fingerprint density at radius 2 is 1.19 bits per heavy atom. The molecule has 0 saturated carbocycles. The SMILES string of the molecule is Cc1cc(C)cc(-c2ccc(C(C)(C)C(F)(F)F)cc2)c1. The molecule has 21 heavy (non-hydrogen) atoms. The van der Waals surface area contributed by atoms with Crippen molar-refractivity contribution in [1.82, 2.24) is 0 Å². The van der Waals surface area contributed by atoms with E-state index in [2.05, 4.69) is 6.07 Å². The van der Waals surface area contributed by atoms with Crippen molar-refractivity contribution in [3.63, 3.8) is 0 Å². The van der Waals surface area contributed by atoms with Gasteiger partial charge in [0.25, 0.3) is 0 Å². The van der Waals surface area contributed by atoms with E-state index < -0.39 is 11.6 Å². The second kappa shape index (κ2) is 5.21. The van der Waals surface area contributed by atoms with E-state index in [1.54, 1.807) is 24.3 Å². The first-order chi connectivity index (χ1) is 9.61. The summed E-state index contributed by atoms with van der Waals surface area (Å²) in [6.07, 6.45) is -4.26. The molecule has 0 radical (unpaired) electrons. The topological polar surface area (TPSA) is 0 Å². The lowest BCUT2D eigenvalue weighted by Gasteiger charge is -2.28. The molecule has 0 N–H and O–H groups in total. The van der Waals surface area contributed by atoms with Crippen molar-refractivity contribution in [1.29, 1.82) is 0 Å². The minimum absolute atomic E-state index is 0.281. The summed E-state index contributed by atoms with van der Waals surface area (Å²) in [7, 11) is 0. The maximum Gasteiger partial charge on any atom is 0.397 e. The van der Waals surface area contributed by atoms with Gasteiger partial charge in [-0.3, -0.25) is 0 Å². The maximum atomic E-state index is 13.0. The van der Waals surface area contributed by atoms with Crippen molar-refractivity contribution in [2.75, 3.05) is 0 Å². The number of hydrogen-bond acceptors (Lipinski definition) is 0. The number of halogens is 3. The Morgan fingerprint density at radius 1 is 0.714 bits per heavy atom. The zero-order valence-corrected chi connectivity index (χ0v) is 12.7. The van der Waals surface area contributed by atoms with Gasteiger partial charge in [-0.25, -0.2) is 0 Å². The van der Waals surface area contributed by atoms with Crippen molar-refractivity contribution in [3.05, 3.63) is 59.2 Å². The van der Waals surface area contributed by atoms with E-state index in [1.807, 2.05) is 26.0 Å². The highest BCUT2D eigenvalue weighted by Gasteiger charge is 2.48. The van der Waals surface area contributed by atoms with E-state index in [9.17, 15) is 13.2 Å². The number of aryl methyl sites for hydroxylation is 2. The predicted octanol–water partition coefficient (Wildman–Crippen LogP) is 5.81. The normalized spacial score (nSPS) is 12.5. The molecule has 0 aliphatic heterocycles. The summed E-state index contributed by atoms with van der Waals surface area (Å²) in [6, 6.07) is 12.8. The van der Waals surface area contributed by atoms with Crippen molar-refractivity contribution in [2.24, 2.45) is 0 Å². The summed E-state index contributed by atoms with van der Waals surface area (Å²) in [4.78, 5) is 0. The molecule has 0 aliphatic carbocycles. The first kappa shape index (κ1) is 15.6. The van der Waals surface area contributed by atoms with Crippen LogP contribution in [0.5, 0.6) is 0 Å². The van der Waals surface area contributed by atoms with Gasteiger partial charge in [0, 0.05) is 0 Å². The van der Waals surface area contributed by atoms with Gasteiger partial charge < -0.3 is 0 Å². The Balaban J connectivity index is 2.40. The van der Waals surface area contributed by atoms with Crippen molar-refractivity contribution < 1.29 is 13.2 Å². The van der Waals surface area contributed by atoms with E-state index in [-0.39, 0.29) is 5.56 Å². The van der Waals surface area contributed by atoms with Crippen molar-refractivity contribution in [2.45, 2.75) is 39.3 Å². The van der Waals surface area contributed by atoms with Gasteiger partial charge in [-0.05, 0) is 44.4 Å². The third-order valence-corrected chi connectivity index (χ3v) is 3.87. The summed E-state index contributed by atoms with van der Waals surface area (Å²) in [5.74, 6) is 0. The van der Waals surface area contributed by atoms with Gasteiger partial charge in [0.1, 0.15) is 0 Å². The molecule has 0 atom stereocenters. The second-order valence-corrected chi connectivity index (χ2v) is 6.08. The van der Waals surface area contributed by atoms with Gasteiger partial charge in [-0.1, -0.05) is 53.6 Å². The molecule has 2 rings (SSSR count). The lowest BCUT2D eigenvalue weighted by atomic mass is 9.83. The van der Waals surface area contributed by atoms with Crippen LogP contribution in [0.2, 0.25) is 0 Å². The highest BCUT2D eigenvalue weighted by Crippen LogP contribution is 2.40. The van der Waals surface area contributed by atoms with Gasteiger partial charge in [-0.15, -0.1) is 0 Å². The van der Waals surface area contributed by atoms with Gasteiger partial charge in [0.15, 0.2) is 0 Å². The predicted molar refractivity (Wildman–Crippen MR) is 80.4 cm³/mol. The Hall–Kier alpha value is -1.77. The summed E-state index contributed by atoms with van der Waals surface area (Å²) < 4.78 is 39.1. The third-order valence-electron chi connectivity index (χ3n) is 3.87. The zero-order chi connectivity index (χ0) is 15.8. The molecule has 0 unspecified atom stereocenters. The number of hydrogen-bond donors (Lipinski definition) is 0. The fourth-order valence-electron chi connectivity index (χ4n) is 2.38. The average Bonchev–Trinajstić information content (AvgIpc) is 2.36. The highest BCUT2D eigenvalue weighted by atomic mass is 19.4. The van der Waals surface area contributed by atoms with Crippen LogP contribution >= 0.6 is 0 Å². The molecule has 0 bridgehead atoms. The molecule has 3 heteroatoms. The molecular weight excluding hydrogens is 273 g/mol. The number of alkyl halides is 3. The van der Waals surface area contributed by atoms with E-state index in [1.165, 1.54) is 13.8 Å². The molecule has 0 heterocycles. The molecule has 0 spiro atoms. The Morgan fingerprint density at radius 3 is 1.62 bits per heavy atom. The third kappa shape index (κ3) is 3.12. The van der Waals surface area contributed by atoms with Crippen LogP contribution in [-0.2, 0) is 5.41 Å². The van der Waals surface area contributed by atoms with Crippen LogP contribution in [0.25, 0.3) is 11.1 Å². The van der Waals surface area contributed by atoms with Crippen LogP contribution in [0.15, 0.2) is 42.5 Å². The van der Waals surface area contributed by atoms with Gasteiger partial charge in [-0.2, -0.15) is 13.2 Å². The molecule has 2 aromatic carbocycles. The lowest BCUT2D eigenvalue weighted by molar-refractivity contribution is -0.180. The minimum Gasteiger partial charge on any atom is -0.170 e. The van der Waals surface area contributed by atoms with Crippen LogP contribution in [0.4, 0.5) is 13.2 Å². The number of benzene rings is 2.